The smallest absolute Gasteiger partial charge is 0.115 e. The first-order valence-corrected chi connectivity index (χ1v) is 7.11. The fourth-order valence-corrected chi connectivity index (χ4v) is 2.19. The van der Waals surface area contributed by atoms with Crippen LogP contribution >= 0.6 is 11.8 Å². The highest BCUT2D eigenvalue weighted by Crippen LogP contribution is 2.23. The van der Waals surface area contributed by atoms with Crippen molar-refractivity contribution in [2.24, 2.45) is 0 Å². The minimum atomic E-state index is 0.214. The Morgan fingerprint density at radius 3 is 2.17 bits per heavy atom. The molecule has 0 aromatic heterocycles. The SMILES string of the molecule is CSc1ccc(NC(C)c2ccc(O)cc2)cc1. The number of rotatable bonds is 4. The number of hydrogen-bond acceptors (Lipinski definition) is 3. The van der Waals surface area contributed by atoms with Crippen molar-refractivity contribution in [3.8, 4) is 5.75 Å². The van der Waals surface area contributed by atoms with Crippen molar-refractivity contribution >= 4 is 17.4 Å². The molecule has 94 valence electrons. The minimum Gasteiger partial charge on any atom is -0.508 e. The lowest BCUT2D eigenvalue weighted by Gasteiger charge is -2.16. The van der Waals surface area contributed by atoms with E-state index >= 15 is 0 Å². The van der Waals surface area contributed by atoms with Crippen LogP contribution in [-0.4, -0.2) is 11.4 Å². The van der Waals surface area contributed by atoms with Gasteiger partial charge in [0.2, 0.25) is 0 Å². The summed E-state index contributed by atoms with van der Waals surface area (Å²) in [7, 11) is 0. The standard InChI is InChI=1S/C15H17NOS/c1-11(12-3-7-14(17)8-4-12)16-13-5-9-15(18-2)10-6-13/h3-11,16-17H,1-2H3. The summed E-state index contributed by atoms with van der Waals surface area (Å²) in [5.74, 6) is 0.301. The Hall–Kier alpha value is -1.61. The van der Waals surface area contributed by atoms with Crippen molar-refractivity contribution < 1.29 is 5.11 Å². The van der Waals surface area contributed by atoms with E-state index in [1.807, 2.05) is 12.1 Å². The molecule has 0 spiro atoms. The van der Waals surface area contributed by atoms with Crippen molar-refractivity contribution in [2.75, 3.05) is 11.6 Å². The third-order valence-corrected chi connectivity index (χ3v) is 3.61. The number of phenols is 1. The molecular formula is C15H17NOS. The summed E-state index contributed by atoms with van der Waals surface area (Å²) < 4.78 is 0. The molecule has 2 rings (SSSR count). The van der Waals surface area contributed by atoms with Crippen molar-refractivity contribution in [2.45, 2.75) is 17.9 Å². The Morgan fingerprint density at radius 2 is 1.61 bits per heavy atom. The Bertz CT molecular complexity index is 493. The molecule has 3 heteroatoms. The van der Waals surface area contributed by atoms with Gasteiger partial charge in [-0.2, -0.15) is 0 Å². The molecule has 0 aliphatic rings. The van der Waals surface area contributed by atoms with Gasteiger partial charge in [0.1, 0.15) is 5.75 Å². The van der Waals surface area contributed by atoms with E-state index in [0.717, 1.165) is 11.3 Å². The molecule has 1 atom stereocenters. The second-order valence-corrected chi connectivity index (χ2v) is 5.07. The number of thioether (sulfide) groups is 1. The molecule has 0 aliphatic heterocycles. The quantitative estimate of drug-likeness (QED) is 0.803. The van der Waals surface area contributed by atoms with Crippen LogP contribution in [0.15, 0.2) is 53.4 Å². The first kappa shape index (κ1) is 12.8. The Labute approximate surface area is 112 Å². The maximum atomic E-state index is 9.26. The van der Waals surface area contributed by atoms with E-state index in [9.17, 15) is 5.11 Å². The van der Waals surface area contributed by atoms with Crippen LogP contribution in [0.4, 0.5) is 5.69 Å². The molecule has 2 N–H and O–H groups in total. The van der Waals surface area contributed by atoms with E-state index in [2.05, 4.69) is 42.8 Å². The monoisotopic (exact) mass is 259 g/mol. The van der Waals surface area contributed by atoms with E-state index in [0.29, 0.717) is 5.75 Å². The van der Waals surface area contributed by atoms with Gasteiger partial charge in [-0.1, -0.05) is 12.1 Å². The summed E-state index contributed by atoms with van der Waals surface area (Å²) in [5, 5.41) is 12.7. The summed E-state index contributed by atoms with van der Waals surface area (Å²) in [5.41, 5.74) is 2.26. The average Bonchev–Trinajstić information content (AvgIpc) is 2.40. The molecule has 1 unspecified atom stereocenters. The summed E-state index contributed by atoms with van der Waals surface area (Å²) in [4.78, 5) is 1.26. The molecule has 0 bridgehead atoms. The largest absolute Gasteiger partial charge is 0.508 e. The van der Waals surface area contributed by atoms with Crippen molar-refractivity contribution in [1.29, 1.82) is 0 Å². The van der Waals surface area contributed by atoms with E-state index in [4.69, 9.17) is 0 Å². The van der Waals surface area contributed by atoms with E-state index in [1.165, 1.54) is 4.90 Å². The molecule has 0 saturated carbocycles. The maximum Gasteiger partial charge on any atom is 0.115 e. The average molecular weight is 259 g/mol. The number of anilines is 1. The Morgan fingerprint density at radius 1 is 1.00 bits per heavy atom. The maximum absolute atomic E-state index is 9.26. The van der Waals surface area contributed by atoms with Gasteiger partial charge in [-0.05, 0) is 55.1 Å². The van der Waals surface area contributed by atoms with Crippen LogP contribution in [-0.2, 0) is 0 Å². The molecule has 0 amide bonds. The molecule has 2 aromatic rings. The molecule has 0 fully saturated rings. The molecule has 2 aromatic carbocycles. The summed E-state index contributed by atoms with van der Waals surface area (Å²) >= 11 is 1.74. The van der Waals surface area contributed by atoms with Crippen LogP contribution in [0.1, 0.15) is 18.5 Å². The van der Waals surface area contributed by atoms with Gasteiger partial charge in [0.05, 0.1) is 0 Å². The highest BCUT2D eigenvalue weighted by atomic mass is 32.2. The second-order valence-electron chi connectivity index (χ2n) is 4.19. The molecule has 0 heterocycles. The fourth-order valence-electron chi connectivity index (χ4n) is 1.78. The number of nitrogens with one attached hydrogen (secondary N) is 1. The topological polar surface area (TPSA) is 32.3 Å². The van der Waals surface area contributed by atoms with Gasteiger partial charge in [0, 0.05) is 16.6 Å². The molecule has 18 heavy (non-hydrogen) atoms. The Balaban J connectivity index is 2.05. The van der Waals surface area contributed by atoms with E-state index in [-0.39, 0.29) is 6.04 Å². The first-order chi connectivity index (χ1) is 8.69. The first-order valence-electron chi connectivity index (χ1n) is 5.88. The zero-order valence-corrected chi connectivity index (χ0v) is 11.4. The number of hydrogen-bond donors (Lipinski definition) is 2. The third-order valence-electron chi connectivity index (χ3n) is 2.87. The lowest BCUT2D eigenvalue weighted by Crippen LogP contribution is -2.06. The number of aromatic hydroxyl groups is 1. The summed E-state index contributed by atoms with van der Waals surface area (Å²) in [6.45, 7) is 2.11. The van der Waals surface area contributed by atoms with Gasteiger partial charge in [0.15, 0.2) is 0 Å². The molecule has 2 nitrogen and oxygen atoms in total. The van der Waals surface area contributed by atoms with Gasteiger partial charge in [-0.15, -0.1) is 11.8 Å². The summed E-state index contributed by atoms with van der Waals surface area (Å²) in [6.07, 6.45) is 2.07. The normalized spacial score (nSPS) is 12.1. The number of benzene rings is 2. The second kappa shape index (κ2) is 5.83. The lowest BCUT2D eigenvalue weighted by molar-refractivity contribution is 0.475. The fraction of sp³-hybridized carbons (Fsp3) is 0.200. The zero-order valence-electron chi connectivity index (χ0n) is 10.6. The minimum absolute atomic E-state index is 0.214. The highest BCUT2D eigenvalue weighted by molar-refractivity contribution is 7.98. The zero-order chi connectivity index (χ0) is 13.0. The number of phenolic OH excluding ortho intramolecular Hbond substituents is 1. The van der Waals surface area contributed by atoms with Crippen molar-refractivity contribution in [1.82, 2.24) is 0 Å². The van der Waals surface area contributed by atoms with Crippen LogP contribution < -0.4 is 5.32 Å². The summed E-state index contributed by atoms with van der Waals surface area (Å²) in [6, 6.07) is 15.9. The van der Waals surface area contributed by atoms with Gasteiger partial charge >= 0.3 is 0 Å². The van der Waals surface area contributed by atoms with E-state index < -0.39 is 0 Å². The van der Waals surface area contributed by atoms with Crippen LogP contribution in [0.3, 0.4) is 0 Å². The van der Waals surface area contributed by atoms with Gasteiger partial charge in [-0.25, -0.2) is 0 Å². The van der Waals surface area contributed by atoms with Crippen LogP contribution in [0, 0.1) is 0 Å². The molecule has 0 aliphatic carbocycles. The molecular weight excluding hydrogens is 242 g/mol. The lowest BCUT2D eigenvalue weighted by atomic mass is 10.1. The van der Waals surface area contributed by atoms with E-state index in [1.54, 1.807) is 23.9 Å². The van der Waals surface area contributed by atoms with Gasteiger partial charge < -0.3 is 10.4 Å². The Kier molecular flexibility index (Phi) is 4.15. The van der Waals surface area contributed by atoms with Crippen molar-refractivity contribution in [3.63, 3.8) is 0 Å². The molecule has 0 radical (unpaired) electrons. The predicted molar refractivity (Wildman–Crippen MR) is 78.4 cm³/mol. The van der Waals surface area contributed by atoms with Crippen LogP contribution in [0.25, 0.3) is 0 Å². The molecule has 0 saturated heterocycles. The highest BCUT2D eigenvalue weighted by Gasteiger charge is 2.05. The predicted octanol–water partition coefficient (Wildman–Crippen LogP) is 4.29. The van der Waals surface area contributed by atoms with Gasteiger partial charge in [0.25, 0.3) is 0 Å². The van der Waals surface area contributed by atoms with Gasteiger partial charge in [-0.3, -0.25) is 0 Å². The van der Waals surface area contributed by atoms with Crippen molar-refractivity contribution in [3.05, 3.63) is 54.1 Å². The third kappa shape index (κ3) is 3.20. The van der Waals surface area contributed by atoms with Crippen LogP contribution in [0.2, 0.25) is 0 Å². The van der Waals surface area contributed by atoms with Crippen LogP contribution in [0.5, 0.6) is 5.75 Å².